The Morgan fingerprint density at radius 3 is 2.33 bits per heavy atom. The van der Waals surface area contributed by atoms with Crippen molar-refractivity contribution in [1.82, 2.24) is 5.32 Å². The highest BCUT2D eigenvalue weighted by molar-refractivity contribution is 4.69. The fraction of sp³-hybridized carbons (Fsp3) is 0.846. The van der Waals surface area contributed by atoms with E-state index in [4.69, 9.17) is 4.74 Å². The predicted molar refractivity (Wildman–Crippen MR) is 67.1 cm³/mol. The van der Waals surface area contributed by atoms with E-state index < -0.39 is 0 Å². The third-order valence-electron chi connectivity index (χ3n) is 2.30. The molecule has 0 aromatic carbocycles. The van der Waals surface area contributed by atoms with Crippen molar-refractivity contribution in [2.45, 2.75) is 40.2 Å². The third kappa shape index (κ3) is 8.64. The summed E-state index contributed by atoms with van der Waals surface area (Å²) in [5, 5.41) is 3.44. The average Bonchev–Trinajstić information content (AvgIpc) is 2.15. The topological polar surface area (TPSA) is 21.3 Å². The molecule has 90 valence electrons. The van der Waals surface area contributed by atoms with Crippen molar-refractivity contribution in [2.24, 2.45) is 11.8 Å². The molecule has 1 atom stereocenters. The zero-order chi connectivity index (χ0) is 11.7. The van der Waals surface area contributed by atoms with Crippen molar-refractivity contribution in [3.05, 3.63) is 12.7 Å². The fourth-order valence-electron chi connectivity index (χ4n) is 1.30. The van der Waals surface area contributed by atoms with Gasteiger partial charge in [-0.3, -0.25) is 0 Å². The highest BCUT2D eigenvalue weighted by atomic mass is 16.5. The van der Waals surface area contributed by atoms with Crippen molar-refractivity contribution < 1.29 is 4.74 Å². The van der Waals surface area contributed by atoms with Crippen molar-refractivity contribution in [2.75, 3.05) is 19.7 Å². The zero-order valence-corrected chi connectivity index (χ0v) is 10.8. The summed E-state index contributed by atoms with van der Waals surface area (Å²) in [4.78, 5) is 0. The molecule has 0 saturated heterocycles. The van der Waals surface area contributed by atoms with Crippen LogP contribution < -0.4 is 5.32 Å². The van der Waals surface area contributed by atoms with Gasteiger partial charge in [0, 0.05) is 6.54 Å². The average molecular weight is 213 g/mol. The highest BCUT2D eigenvalue weighted by Gasteiger charge is 2.12. The van der Waals surface area contributed by atoms with Crippen molar-refractivity contribution in [3.8, 4) is 0 Å². The fourth-order valence-corrected chi connectivity index (χ4v) is 1.30. The molecule has 0 aromatic rings. The molecule has 0 bridgehead atoms. The first-order valence-corrected chi connectivity index (χ1v) is 6.01. The molecule has 0 rings (SSSR count). The van der Waals surface area contributed by atoms with E-state index in [0.717, 1.165) is 26.1 Å². The molecule has 0 heterocycles. The van der Waals surface area contributed by atoms with Gasteiger partial charge in [-0.2, -0.15) is 0 Å². The van der Waals surface area contributed by atoms with Gasteiger partial charge in [0.2, 0.25) is 0 Å². The summed E-state index contributed by atoms with van der Waals surface area (Å²) >= 11 is 0. The van der Waals surface area contributed by atoms with E-state index in [1.807, 2.05) is 6.08 Å². The maximum atomic E-state index is 5.79. The minimum atomic E-state index is 0.323. The summed E-state index contributed by atoms with van der Waals surface area (Å²) in [5.41, 5.74) is 0. The number of rotatable bonds is 9. The van der Waals surface area contributed by atoms with Crippen LogP contribution in [0.3, 0.4) is 0 Å². The van der Waals surface area contributed by atoms with Crippen LogP contribution >= 0.6 is 0 Å². The van der Waals surface area contributed by atoms with Crippen molar-refractivity contribution in [3.63, 3.8) is 0 Å². The van der Waals surface area contributed by atoms with Gasteiger partial charge in [-0.15, -0.1) is 6.58 Å². The van der Waals surface area contributed by atoms with Gasteiger partial charge in [0.15, 0.2) is 0 Å². The van der Waals surface area contributed by atoms with Crippen LogP contribution in [-0.4, -0.2) is 25.8 Å². The Morgan fingerprint density at radius 2 is 1.87 bits per heavy atom. The van der Waals surface area contributed by atoms with Crippen molar-refractivity contribution >= 4 is 0 Å². The lowest BCUT2D eigenvalue weighted by atomic mass is 10.1. The number of hydrogen-bond acceptors (Lipinski definition) is 2. The Balaban J connectivity index is 3.68. The summed E-state index contributed by atoms with van der Waals surface area (Å²) in [6.45, 7) is 15.3. The van der Waals surface area contributed by atoms with Crippen molar-refractivity contribution in [1.29, 1.82) is 0 Å². The summed E-state index contributed by atoms with van der Waals surface area (Å²) in [6, 6.07) is 0. The Hall–Kier alpha value is -0.340. The number of nitrogens with one attached hydrogen (secondary N) is 1. The van der Waals surface area contributed by atoms with Gasteiger partial charge in [0.1, 0.15) is 0 Å². The van der Waals surface area contributed by atoms with E-state index >= 15 is 0 Å². The normalized spacial score (nSPS) is 13.5. The highest BCUT2D eigenvalue weighted by Crippen LogP contribution is 2.06. The maximum absolute atomic E-state index is 5.79. The number of hydrogen-bond donors (Lipinski definition) is 1. The maximum Gasteiger partial charge on any atom is 0.0722 e. The Kier molecular flexibility index (Phi) is 8.73. The summed E-state index contributed by atoms with van der Waals surface area (Å²) in [7, 11) is 0. The van der Waals surface area contributed by atoms with Gasteiger partial charge in [-0.1, -0.05) is 33.8 Å². The molecule has 15 heavy (non-hydrogen) atoms. The Labute approximate surface area is 95.1 Å². The Bertz CT molecular complexity index is 155. The van der Waals surface area contributed by atoms with Crippen LogP contribution in [0.25, 0.3) is 0 Å². The van der Waals surface area contributed by atoms with E-state index in [1.54, 1.807) is 0 Å². The largest absolute Gasteiger partial charge is 0.376 e. The van der Waals surface area contributed by atoms with Crippen LogP contribution in [0.15, 0.2) is 12.7 Å². The van der Waals surface area contributed by atoms with Gasteiger partial charge in [-0.05, 0) is 24.8 Å². The van der Waals surface area contributed by atoms with Gasteiger partial charge in [0.05, 0.1) is 12.7 Å². The standard InChI is InChI=1S/C13H27NO/c1-6-7-8-15-13(12(4)5)10-14-9-11(2)3/h6,11-14H,1,7-10H2,2-5H3. The molecule has 0 aliphatic rings. The second kappa shape index (κ2) is 8.93. The molecule has 0 amide bonds. The predicted octanol–water partition coefficient (Wildman–Crippen LogP) is 2.85. The summed E-state index contributed by atoms with van der Waals surface area (Å²) in [5.74, 6) is 1.26. The number of ether oxygens (including phenoxy) is 1. The molecule has 0 saturated carbocycles. The molecule has 0 aliphatic carbocycles. The van der Waals surface area contributed by atoms with E-state index in [0.29, 0.717) is 17.9 Å². The zero-order valence-electron chi connectivity index (χ0n) is 10.8. The molecule has 2 heteroatoms. The smallest absolute Gasteiger partial charge is 0.0722 e. The van der Waals surface area contributed by atoms with Crippen LogP contribution in [0, 0.1) is 11.8 Å². The van der Waals surface area contributed by atoms with Gasteiger partial charge in [-0.25, -0.2) is 0 Å². The van der Waals surface area contributed by atoms with Gasteiger partial charge in [0.25, 0.3) is 0 Å². The van der Waals surface area contributed by atoms with E-state index in [9.17, 15) is 0 Å². The third-order valence-corrected chi connectivity index (χ3v) is 2.30. The SMILES string of the molecule is C=CCCOC(CNCC(C)C)C(C)C. The monoisotopic (exact) mass is 213 g/mol. The first kappa shape index (κ1) is 14.7. The molecule has 0 radical (unpaired) electrons. The molecule has 2 nitrogen and oxygen atoms in total. The lowest BCUT2D eigenvalue weighted by Crippen LogP contribution is -2.35. The molecule has 0 aromatic heterocycles. The van der Waals surface area contributed by atoms with Crippen LogP contribution in [-0.2, 0) is 4.74 Å². The minimum absolute atomic E-state index is 0.323. The molecule has 0 spiro atoms. The van der Waals surface area contributed by atoms with Crippen LogP contribution in [0.2, 0.25) is 0 Å². The van der Waals surface area contributed by atoms with Crippen LogP contribution in [0.1, 0.15) is 34.1 Å². The lowest BCUT2D eigenvalue weighted by molar-refractivity contribution is 0.0253. The molecular formula is C13H27NO. The molecule has 0 aliphatic heterocycles. The summed E-state index contributed by atoms with van der Waals surface area (Å²) in [6.07, 6.45) is 3.16. The second-order valence-electron chi connectivity index (χ2n) is 4.78. The van der Waals surface area contributed by atoms with E-state index in [1.165, 1.54) is 0 Å². The van der Waals surface area contributed by atoms with Gasteiger partial charge >= 0.3 is 0 Å². The first-order valence-electron chi connectivity index (χ1n) is 6.01. The van der Waals surface area contributed by atoms with E-state index in [-0.39, 0.29) is 0 Å². The minimum Gasteiger partial charge on any atom is -0.376 e. The molecule has 1 unspecified atom stereocenters. The van der Waals surface area contributed by atoms with Crippen LogP contribution in [0.5, 0.6) is 0 Å². The Morgan fingerprint density at radius 1 is 1.20 bits per heavy atom. The van der Waals surface area contributed by atoms with Crippen LogP contribution in [0.4, 0.5) is 0 Å². The molecule has 0 fully saturated rings. The molecule has 1 N–H and O–H groups in total. The second-order valence-corrected chi connectivity index (χ2v) is 4.78. The summed E-state index contributed by atoms with van der Waals surface area (Å²) < 4.78 is 5.79. The first-order chi connectivity index (χ1) is 7.07. The lowest BCUT2D eigenvalue weighted by Gasteiger charge is -2.22. The quantitative estimate of drug-likeness (QED) is 0.470. The van der Waals surface area contributed by atoms with E-state index in [2.05, 4.69) is 39.6 Å². The van der Waals surface area contributed by atoms with Gasteiger partial charge < -0.3 is 10.1 Å². The molecular weight excluding hydrogens is 186 g/mol.